The number of carbonyl (C=O) groups excluding carboxylic acids is 1. The Bertz CT molecular complexity index is 2050. The maximum absolute atomic E-state index is 12.6. The van der Waals surface area contributed by atoms with Crippen molar-refractivity contribution < 1.29 is 109 Å². The van der Waals surface area contributed by atoms with Crippen LogP contribution in [0.2, 0.25) is 0 Å². The Balaban J connectivity index is 0.902. The second-order valence-electron chi connectivity index (χ2n) is 26.2. The molecule has 5 aliphatic carbocycles. The first kappa shape index (κ1) is 57.1. The van der Waals surface area contributed by atoms with E-state index >= 15 is 0 Å². The SMILES string of the molecule is C[C@H]1O[C@H](O[C@@H]2[C@@H](O[C@@H]3CO[C@H](OC4CC[C@]5(C)C(CC[C@@]6(C)C5CC[C@@]57OC[C@]8(CC[C@@](C)(C=O)CC85)[C@@H](O)C[C@]67C)C4(C)C)[C@@H](O[C@H]4O[C@@H](CO)[C@H](O)[C@@H](O)[C@@H]4O)[C@@H]3O)O[C@@H](CO)[C@H](O)[C@H]2O)[C@@H](O)[C@@H](O)[C@@H]1O. The summed E-state index contributed by atoms with van der Waals surface area (Å²) in [7, 11) is 0. The number of aliphatic hydroxyl groups is 12. The second kappa shape index (κ2) is 20.1. The average molecular weight is 1080 g/mol. The summed E-state index contributed by atoms with van der Waals surface area (Å²) in [5.41, 5.74) is -2.58. The average Bonchev–Trinajstić information content (AvgIpc) is 3.66. The van der Waals surface area contributed by atoms with Gasteiger partial charge in [-0.05, 0) is 105 Å². The molecule has 75 heavy (non-hydrogen) atoms. The van der Waals surface area contributed by atoms with E-state index in [-0.39, 0.29) is 39.4 Å². The van der Waals surface area contributed by atoms with Crippen molar-refractivity contribution >= 4 is 6.29 Å². The maximum Gasteiger partial charge on any atom is 0.187 e. The number of aliphatic hydroxyl groups excluding tert-OH is 12. The fraction of sp³-hybridized carbons (Fsp3) is 0.981. The molecule has 5 saturated heterocycles. The Morgan fingerprint density at radius 1 is 0.560 bits per heavy atom. The van der Waals surface area contributed by atoms with E-state index in [0.717, 1.165) is 51.2 Å². The Kier molecular flexibility index (Phi) is 15.3. The van der Waals surface area contributed by atoms with Crippen molar-refractivity contribution in [3.05, 3.63) is 0 Å². The van der Waals surface area contributed by atoms with Crippen LogP contribution in [-0.2, 0) is 47.4 Å². The summed E-state index contributed by atoms with van der Waals surface area (Å²) in [4.78, 5) is 12.6. The molecule has 12 N–H and O–H groups in total. The van der Waals surface area contributed by atoms with Gasteiger partial charge in [-0.15, -0.1) is 0 Å². The molecule has 5 saturated carbocycles. The molecule has 0 radical (unpaired) electrons. The van der Waals surface area contributed by atoms with Crippen LogP contribution in [0, 0.1) is 50.2 Å². The first-order valence-corrected chi connectivity index (χ1v) is 27.5. The summed E-state index contributed by atoms with van der Waals surface area (Å²) in [6.07, 6.45) is -23.3. The molecular weight excluding hydrogens is 989 g/mol. The Morgan fingerprint density at radius 3 is 1.81 bits per heavy atom. The number of fused-ring (bicyclic) bond motifs is 4. The Labute approximate surface area is 437 Å². The van der Waals surface area contributed by atoms with Crippen LogP contribution in [-0.4, -0.2) is 229 Å². The van der Waals surface area contributed by atoms with Crippen LogP contribution in [0.15, 0.2) is 0 Å². The van der Waals surface area contributed by atoms with Crippen LogP contribution in [0.25, 0.3) is 0 Å². The normalized spacial score (nSPS) is 58.5. The van der Waals surface area contributed by atoms with Crippen molar-refractivity contribution in [3.63, 3.8) is 0 Å². The maximum atomic E-state index is 12.6. The number of carbonyl (C=O) groups is 1. The van der Waals surface area contributed by atoms with Gasteiger partial charge in [0.15, 0.2) is 25.2 Å². The predicted octanol–water partition coefficient (Wildman–Crippen LogP) is -1.50. The molecule has 0 amide bonds. The van der Waals surface area contributed by atoms with E-state index < -0.39 is 165 Å². The molecule has 30 atom stereocenters. The minimum absolute atomic E-state index is 0.0717. The van der Waals surface area contributed by atoms with Crippen LogP contribution in [0.4, 0.5) is 0 Å². The van der Waals surface area contributed by atoms with Gasteiger partial charge < -0.3 is 109 Å². The highest BCUT2D eigenvalue weighted by molar-refractivity contribution is 5.59. The molecule has 430 valence electrons. The lowest BCUT2D eigenvalue weighted by Gasteiger charge is -2.75. The smallest absolute Gasteiger partial charge is 0.187 e. The number of aldehydes is 1. The monoisotopic (exact) mass is 1070 g/mol. The molecule has 10 fully saturated rings. The summed E-state index contributed by atoms with van der Waals surface area (Å²) in [5, 5.41) is 131. The molecular formula is C53H86O22. The van der Waals surface area contributed by atoms with E-state index in [4.69, 9.17) is 42.6 Å². The standard InChI is InChI=1S/C53H86O22/c1-23-32(58)36(62)39(65)43(69-23)75-42-38(64)34(60)25(19-55)71-46(42)72-26-20-67-45(41(35(26)61)74-44-40(66)37(63)33(59)24(18-54)70-44)73-31-10-11-49(5)27(47(31,2)3)8-12-50(6)28(49)9-13-53-29-16-48(4,21-56)14-15-52(29,22-68-53)30(57)17-51(50,53)7/h21,23-46,54-55,57-66H,8-20,22H2,1-7H3/t23-,24+,25+,26-,27?,28?,29?,30+,31?,32-,33+,34+,35-,36+,37-,38-,39+,40+,41+,42+,43-,44-,45-,46-,48-,49-,50+,51-,52+,53-/m1/s1. The minimum Gasteiger partial charge on any atom is -0.394 e. The quantitative estimate of drug-likeness (QED) is 0.0827. The van der Waals surface area contributed by atoms with E-state index in [1.165, 1.54) is 6.92 Å². The molecule has 22 heteroatoms. The summed E-state index contributed by atoms with van der Waals surface area (Å²) in [6, 6.07) is 0. The Morgan fingerprint density at radius 2 is 1.16 bits per heavy atom. The third-order valence-corrected chi connectivity index (χ3v) is 22.3. The second-order valence-corrected chi connectivity index (χ2v) is 26.2. The van der Waals surface area contributed by atoms with Crippen LogP contribution in [0.5, 0.6) is 0 Å². The molecule has 4 unspecified atom stereocenters. The van der Waals surface area contributed by atoms with Crippen molar-refractivity contribution in [3.8, 4) is 0 Å². The highest BCUT2D eigenvalue weighted by atomic mass is 16.8. The molecule has 5 aliphatic heterocycles. The summed E-state index contributed by atoms with van der Waals surface area (Å²) in [6.45, 7) is 13.6. The van der Waals surface area contributed by atoms with Gasteiger partial charge in [-0.2, -0.15) is 0 Å². The van der Waals surface area contributed by atoms with Crippen LogP contribution < -0.4 is 0 Å². The van der Waals surface area contributed by atoms with Crippen molar-refractivity contribution in [1.82, 2.24) is 0 Å². The van der Waals surface area contributed by atoms with Gasteiger partial charge in [0.2, 0.25) is 0 Å². The third kappa shape index (κ3) is 8.54. The van der Waals surface area contributed by atoms with E-state index in [2.05, 4.69) is 41.5 Å². The fourth-order valence-corrected chi connectivity index (χ4v) is 17.6. The van der Waals surface area contributed by atoms with Crippen LogP contribution in [0.1, 0.15) is 113 Å². The van der Waals surface area contributed by atoms with Crippen molar-refractivity contribution in [2.24, 2.45) is 50.2 Å². The van der Waals surface area contributed by atoms with Gasteiger partial charge in [-0.1, -0.05) is 41.5 Å². The molecule has 0 aromatic rings. The number of hydrogen-bond donors (Lipinski definition) is 12. The lowest BCUT2D eigenvalue weighted by molar-refractivity contribution is -0.394. The number of ether oxygens (including phenoxy) is 9. The summed E-state index contributed by atoms with van der Waals surface area (Å²) in [5.74, 6) is 0.451. The zero-order valence-electron chi connectivity index (χ0n) is 44.3. The largest absolute Gasteiger partial charge is 0.394 e. The molecule has 10 aliphatic rings. The van der Waals surface area contributed by atoms with E-state index in [9.17, 15) is 66.1 Å². The van der Waals surface area contributed by atoms with Crippen molar-refractivity contribution in [2.45, 2.75) is 247 Å². The van der Waals surface area contributed by atoms with Gasteiger partial charge >= 0.3 is 0 Å². The fourth-order valence-electron chi connectivity index (χ4n) is 17.6. The Hall–Kier alpha value is -1.17. The van der Waals surface area contributed by atoms with E-state index in [1.807, 2.05) is 0 Å². The molecule has 2 bridgehead atoms. The lowest BCUT2D eigenvalue weighted by Crippen LogP contribution is -2.74. The molecule has 5 heterocycles. The number of rotatable bonds is 11. The lowest BCUT2D eigenvalue weighted by atomic mass is 9.30. The highest BCUT2D eigenvalue weighted by Gasteiger charge is 2.80. The van der Waals surface area contributed by atoms with Crippen molar-refractivity contribution in [1.29, 1.82) is 0 Å². The van der Waals surface area contributed by atoms with Crippen LogP contribution in [0.3, 0.4) is 0 Å². The van der Waals surface area contributed by atoms with Crippen molar-refractivity contribution in [2.75, 3.05) is 26.4 Å². The summed E-state index contributed by atoms with van der Waals surface area (Å²) >= 11 is 0. The molecule has 1 spiro atoms. The first-order valence-electron chi connectivity index (χ1n) is 27.5. The third-order valence-electron chi connectivity index (χ3n) is 22.3. The van der Waals surface area contributed by atoms with Gasteiger partial charge in [0.05, 0.1) is 50.3 Å². The first-order chi connectivity index (χ1) is 35.2. The summed E-state index contributed by atoms with van der Waals surface area (Å²) < 4.78 is 56.3. The van der Waals surface area contributed by atoms with Gasteiger partial charge in [0.25, 0.3) is 0 Å². The van der Waals surface area contributed by atoms with E-state index in [0.29, 0.717) is 25.9 Å². The van der Waals surface area contributed by atoms with Gasteiger partial charge in [-0.3, -0.25) is 0 Å². The van der Waals surface area contributed by atoms with Crippen LogP contribution >= 0.6 is 0 Å². The van der Waals surface area contributed by atoms with E-state index in [1.54, 1.807) is 0 Å². The molecule has 22 nitrogen and oxygen atoms in total. The molecule has 10 rings (SSSR count). The van der Waals surface area contributed by atoms with Gasteiger partial charge in [0, 0.05) is 16.2 Å². The van der Waals surface area contributed by atoms with Gasteiger partial charge in [-0.25, -0.2) is 0 Å². The van der Waals surface area contributed by atoms with Gasteiger partial charge in [0.1, 0.15) is 91.7 Å². The molecule has 0 aromatic carbocycles. The number of hydrogen-bond acceptors (Lipinski definition) is 22. The topological polar surface area (TPSA) is 343 Å². The zero-order chi connectivity index (χ0) is 54.3. The predicted molar refractivity (Wildman–Crippen MR) is 255 cm³/mol. The minimum atomic E-state index is -1.89. The molecule has 0 aromatic heterocycles. The zero-order valence-corrected chi connectivity index (χ0v) is 44.3. The highest BCUT2D eigenvalue weighted by Crippen LogP contribution is 2.80.